The highest BCUT2D eigenvalue weighted by molar-refractivity contribution is 5.95. The number of carbonyl (C=O) groups is 3. The zero-order valence-corrected chi connectivity index (χ0v) is 9.99. The number of ether oxygens (including phenoxy) is 1. The average molecular weight is 247 g/mol. The van der Waals surface area contributed by atoms with Crippen molar-refractivity contribution >= 4 is 23.3 Å². The molecule has 5 nitrogen and oxygen atoms in total. The molecule has 94 valence electrons. The van der Waals surface area contributed by atoms with Crippen molar-refractivity contribution in [3.8, 4) is 5.75 Å². The summed E-state index contributed by atoms with van der Waals surface area (Å²) in [6.07, 6.45) is 0.824. The third-order valence-corrected chi connectivity index (χ3v) is 2.60. The van der Waals surface area contributed by atoms with Crippen LogP contribution in [-0.2, 0) is 20.8 Å². The van der Waals surface area contributed by atoms with Crippen molar-refractivity contribution in [2.45, 2.75) is 26.2 Å². The van der Waals surface area contributed by atoms with Gasteiger partial charge >= 0.3 is 5.97 Å². The molecule has 0 aliphatic carbocycles. The first kappa shape index (κ1) is 12.3. The van der Waals surface area contributed by atoms with Crippen LogP contribution in [0.25, 0.3) is 0 Å². The molecular weight excluding hydrogens is 234 g/mol. The second-order valence-electron chi connectivity index (χ2n) is 4.22. The van der Waals surface area contributed by atoms with E-state index in [0.717, 1.165) is 11.3 Å². The van der Waals surface area contributed by atoms with Crippen LogP contribution in [0.1, 0.15) is 25.3 Å². The van der Waals surface area contributed by atoms with Crippen LogP contribution in [0.3, 0.4) is 0 Å². The van der Waals surface area contributed by atoms with Crippen molar-refractivity contribution in [2.24, 2.45) is 0 Å². The largest absolute Gasteiger partial charge is 0.426 e. The molecule has 1 aromatic rings. The summed E-state index contributed by atoms with van der Waals surface area (Å²) >= 11 is 0. The molecule has 2 rings (SSSR count). The minimum atomic E-state index is -0.567. The molecule has 5 heteroatoms. The highest BCUT2D eigenvalue weighted by Crippen LogP contribution is 2.26. The van der Waals surface area contributed by atoms with Gasteiger partial charge in [0.15, 0.2) is 0 Å². The SMILES string of the molecule is CC(=O)CC(=O)Oc1ccc2c(c1)CCC(=O)N2. The molecule has 1 amide bonds. The molecular formula is C13H13NO4. The fraction of sp³-hybridized carbons (Fsp3) is 0.308. The van der Waals surface area contributed by atoms with Crippen LogP contribution in [0.4, 0.5) is 5.69 Å². The predicted octanol–water partition coefficient (Wildman–Crippen LogP) is 1.46. The second kappa shape index (κ2) is 5.00. The van der Waals surface area contributed by atoms with E-state index in [2.05, 4.69) is 5.32 Å². The Morgan fingerprint density at radius 1 is 1.33 bits per heavy atom. The predicted molar refractivity (Wildman–Crippen MR) is 64.3 cm³/mol. The molecule has 0 saturated carbocycles. The molecule has 1 aliphatic heterocycles. The highest BCUT2D eigenvalue weighted by Gasteiger charge is 2.16. The van der Waals surface area contributed by atoms with E-state index < -0.39 is 5.97 Å². The summed E-state index contributed by atoms with van der Waals surface area (Å²) in [6, 6.07) is 5.01. The monoisotopic (exact) mass is 247 g/mol. The smallest absolute Gasteiger partial charge is 0.318 e. The van der Waals surface area contributed by atoms with Crippen molar-refractivity contribution in [2.75, 3.05) is 5.32 Å². The van der Waals surface area contributed by atoms with Gasteiger partial charge in [-0.1, -0.05) is 0 Å². The molecule has 0 unspecified atom stereocenters. The summed E-state index contributed by atoms with van der Waals surface area (Å²) in [5.74, 6) is -0.410. The van der Waals surface area contributed by atoms with Gasteiger partial charge in [-0.25, -0.2) is 0 Å². The first-order valence-electron chi connectivity index (χ1n) is 5.67. The van der Waals surface area contributed by atoms with Gasteiger partial charge in [0, 0.05) is 12.1 Å². The van der Waals surface area contributed by atoms with Crippen molar-refractivity contribution in [1.29, 1.82) is 0 Å². The van der Waals surface area contributed by atoms with Gasteiger partial charge in [0.25, 0.3) is 0 Å². The first-order valence-corrected chi connectivity index (χ1v) is 5.67. The number of ketones is 1. The maximum absolute atomic E-state index is 11.3. The second-order valence-corrected chi connectivity index (χ2v) is 4.22. The molecule has 1 N–H and O–H groups in total. The van der Waals surface area contributed by atoms with E-state index in [9.17, 15) is 14.4 Å². The zero-order valence-electron chi connectivity index (χ0n) is 9.99. The molecule has 0 radical (unpaired) electrons. The Morgan fingerprint density at radius 2 is 2.11 bits per heavy atom. The van der Waals surface area contributed by atoms with E-state index in [4.69, 9.17) is 4.74 Å². The summed E-state index contributed by atoms with van der Waals surface area (Å²) in [5, 5.41) is 2.74. The van der Waals surface area contributed by atoms with Gasteiger partial charge in [-0.05, 0) is 37.1 Å². The Bertz CT molecular complexity index is 522. The normalized spacial score (nSPS) is 13.5. The summed E-state index contributed by atoms with van der Waals surface area (Å²) in [6.45, 7) is 1.34. The van der Waals surface area contributed by atoms with Crippen molar-refractivity contribution < 1.29 is 19.1 Å². The number of esters is 1. The standard InChI is InChI=1S/C13H13NO4/c1-8(15)6-13(17)18-10-3-4-11-9(7-10)2-5-12(16)14-11/h3-4,7H,2,5-6H2,1H3,(H,14,16). The Morgan fingerprint density at radius 3 is 2.83 bits per heavy atom. The minimum Gasteiger partial charge on any atom is -0.426 e. The van der Waals surface area contributed by atoms with Crippen LogP contribution in [0, 0.1) is 0 Å². The Labute approximate surface area is 104 Å². The van der Waals surface area contributed by atoms with Gasteiger partial charge in [-0.15, -0.1) is 0 Å². The number of anilines is 1. The Balaban J connectivity index is 2.09. The number of Topliss-reactive ketones (excluding diaryl/α,β-unsaturated/α-hetero) is 1. The molecule has 0 atom stereocenters. The van der Waals surface area contributed by atoms with E-state index in [1.54, 1.807) is 18.2 Å². The number of hydrogen-bond acceptors (Lipinski definition) is 4. The van der Waals surface area contributed by atoms with Crippen LogP contribution < -0.4 is 10.1 Å². The van der Waals surface area contributed by atoms with Gasteiger partial charge < -0.3 is 10.1 Å². The fourth-order valence-electron chi connectivity index (χ4n) is 1.79. The van der Waals surface area contributed by atoms with E-state index in [-0.39, 0.29) is 18.1 Å². The lowest BCUT2D eigenvalue weighted by atomic mass is 10.0. The molecule has 0 fully saturated rings. The number of rotatable bonds is 3. The quantitative estimate of drug-likeness (QED) is 0.498. The van der Waals surface area contributed by atoms with Crippen LogP contribution in [0.2, 0.25) is 0 Å². The van der Waals surface area contributed by atoms with E-state index in [0.29, 0.717) is 18.6 Å². The topological polar surface area (TPSA) is 72.5 Å². The molecule has 0 saturated heterocycles. The molecule has 1 aromatic carbocycles. The molecule has 0 spiro atoms. The lowest BCUT2D eigenvalue weighted by molar-refractivity contribution is -0.137. The number of nitrogens with one attached hydrogen (secondary N) is 1. The summed E-state index contributed by atoms with van der Waals surface area (Å²) in [7, 11) is 0. The minimum absolute atomic E-state index is 0.0103. The molecule has 1 aliphatic rings. The van der Waals surface area contributed by atoms with E-state index in [1.807, 2.05) is 0 Å². The third-order valence-electron chi connectivity index (χ3n) is 2.60. The lowest BCUT2D eigenvalue weighted by Crippen LogP contribution is -2.19. The van der Waals surface area contributed by atoms with E-state index in [1.165, 1.54) is 6.92 Å². The molecule has 18 heavy (non-hydrogen) atoms. The Hall–Kier alpha value is -2.17. The van der Waals surface area contributed by atoms with Gasteiger partial charge in [-0.3, -0.25) is 14.4 Å². The Kier molecular flexibility index (Phi) is 3.41. The molecule has 1 heterocycles. The zero-order chi connectivity index (χ0) is 13.1. The molecule has 0 aromatic heterocycles. The lowest BCUT2D eigenvalue weighted by Gasteiger charge is -2.17. The van der Waals surface area contributed by atoms with Crippen LogP contribution in [-0.4, -0.2) is 17.7 Å². The highest BCUT2D eigenvalue weighted by atomic mass is 16.5. The maximum atomic E-state index is 11.3. The van der Waals surface area contributed by atoms with Crippen LogP contribution in [0.5, 0.6) is 5.75 Å². The summed E-state index contributed by atoms with van der Waals surface area (Å²) in [5.41, 5.74) is 1.68. The van der Waals surface area contributed by atoms with Crippen molar-refractivity contribution in [3.05, 3.63) is 23.8 Å². The number of benzene rings is 1. The number of fused-ring (bicyclic) bond motifs is 1. The number of hydrogen-bond donors (Lipinski definition) is 1. The van der Waals surface area contributed by atoms with Gasteiger partial charge in [0.05, 0.1) is 0 Å². The average Bonchev–Trinajstić information content (AvgIpc) is 2.28. The summed E-state index contributed by atoms with van der Waals surface area (Å²) < 4.78 is 5.05. The fourth-order valence-corrected chi connectivity index (χ4v) is 1.79. The van der Waals surface area contributed by atoms with Crippen molar-refractivity contribution in [1.82, 2.24) is 0 Å². The van der Waals surface area contributed by atoms with Crippen LogP contribution in [0.15, 0.2) is 18.2 Å². The first-order chi connectivity index (χ1) is 8.54. The third kappa shape index (κ3) is 2.94. The van der Waals surface area contributed by atoms with Gasteiger partial charge in [-0.2, -0.15) is 0 Å². The van der Waals surface area contributed by atoms with Crippen molar-refractivity contribution in [3.63, 3.8) is 0 Å². The summed E-state index contributed by atoms with van der Waals surface area (Å²) in [4.78, 5) is 33.3. The number of amides is 1. The van der Waals surface area contributed by atoms with Gasteiger partial charge in [0.1, 0.15) is 18.0 Å². The number of carbonyl (C=O) groups excluding carboxylic acids is 3. The number of aryl methyl sites for hydroxylation is 1. The maximum Gasteiger partial charge on any atom is 0.318 e. The van der Waals surface area contributed by atoms with Crippen LogP contribution >= 0.6 is 0 Å². The molecule has 0 bridgehead atoms. The van der Waals surface area contributed by atoms with E-state index >= 15 is 0 Å². The van der Waals surface area contributed by atoms with Gasteiger partial charge in [0.2, 0.25) is 5.91 Å².